The molecule has 7 heteroatoms. The Morgan fingerprint density at radius 3 is 2.88 bits per heavy atom. The van der Waals surface area contributed by atoms with Crippen LogP contribution in [0.2, 0.25) is 0 Å². The van der Waals surface area contributed by atoms with Gasteiger partial charge in [-0.05, 0) is 38.0 Å². The molecule has 0 aromatic heterocycles. The van der Waals surface area contributed by atoms with E-state index in [1.54, 1.807) is 6.92 Å². The first-order valence-electron chi connectivity index (χ1n) is 9.05. The maximum atomic E-state index is 12.1. The quantitative estimate of drug-likeness (QED) is 0.415. The molecule has 1 aromatic rings. The van der Waals surface area contributed by atoms with Crippen molar-refractivity contribution in [2.75, 3.05) is 19.8 Å². The minimum atomic E-state index is -0.669. The van der Waals surface area contributed by atoms with Crippen LogP contribution >= 0.6 is 15.9 Å². The third kappa shape index (κ3) is 5.45. The van der Waals surface area contributed by atoms with E-state index in [1.165, 1.54) is 0 Å². The maximum Gasteiger partial charge on any atom is 0.347 e. The van der Waals surface area contributed by atoms with Gasteiger partial charge in [0.05, 0.1) is 6.61 Å². The van der Waals surface area contributed by atoms with E-state index in [1.807, 2.05) is 25.1 Å². The van der Waals surface area contributed by atoms with E-state index in [4.69, 9.17) is 19.0 Å². The number of oxime groups is 1. The second-order valence-corrected chi connectivity index (χ2v) is 6.81. The van der Waals surface area contributed by atoms with E-state index >= 15 is 0 Å². The van der Waals surface area contributed by atoms with Gasteiger partial charge in [0.1, 0.15) is 24.2 Å². The fraction of sp³-hybridized carbons (Fsp3) is 0.579. The predicted octanol–water partition coefficient (Wildman–Crippen LogP) is 4.09. The van der Waals surface area contributed by atoms with Gasteiger partial charge in [-0.2, -0.15) is 0 Å². The highest BCUT2D eigenvalue weighted by Crippen LogP contribution is 2.29. The number of carbonyl (C=O) groups excluding carboxylic acids is 1. The summed E-state index contributed by atoms with van der Waals surface area (Å²) in [7, 11) is 0. The van der Waals surface area contributed by atoms with Crippen LogP contribution in [-0.2, 0) is 19.1 Å². The fourth-order valence-electron chi connectivity index (χ4n) is 2.52. The molecule has 144 valence electrons. The van der Waals surface area contributed by atoms with E-state index in [0.717, 1.165) is 22.9 Å². The Labute approximate surface area is 163 Å². The Balaban J connectivity index is 2.22. The van der Waals surface area contributed by atoms with Gasteiger partial charge < -0.3 is 19.0 Å². The van der Waals surface area contributed by atoms with E-state index in [0.29, 0.717) is 37.7 Å². The lowest BCUT2D eigenvalue weighted by atomic mass is 10.0. The molecule has 26 heavy (non-hydrogen) atoms. The first-order chi connectivity index (χ1) is 12.6. The average Bonchev–Trinajstić information content (AvgIpc) is 3.09. The van der Waals surface area contributed by atoms with Crippen molar-refractivity contribution < 1.29 is 23.8 Å². The summed E-state index contributed by atoms with van der Waals surface area (Å²) in [6, 6.07) is 5.57. The molecule has 2 rings (SSSR count). The van der Waals surface area contributed by atoms with Crippen LogP contribution in [0.4, 0.5) is 0 Å². The fourth-order valence-corrected chi connectivity index (χ4v) is 2.88. The van der Waals surface area contributed by atoms with Crippen molar-refractivity contribution in [3.05, 3.63) is 28.2 Å². The highest BCUT2D eigenvalue weighted by Gasteiger charge is 2.30. The maximum absolute atomic E-state index is 12.1. The van der Waals surface area contributed by atoms with Crippen molar-refractivity contribution in [3.8, 4) is 5.75 Å². The molecule has 0 spiro atoms. The number of hydrogen-bond acceptors (Lipinski definition) is 6. The predicted molar refractivity (Wildman–Crippen MR) is 103 cm³/mol. The highest BCUT2D eigenvalue weighted by atomic mass is 79.9. The molecule has 0 aliphatic carbocycles. The molecule has 0 saturated heterocycles. The SMILES string of the molecule is CCCCOC1CON=C1c1cc(Br)ccc1O[C@@H](CC)C(=O)OCC. The van der Waals surface area contributed by atoms with Gasteiger partial charge in [0.25, 0.3) is 0 Å². The zero-order chi connectivity index (χ0) is 18.9. The monoisotopic (exact) mass is 427 g/mol. The lowest BCUT2D eigenvalue weighted by Gasteiger charge is -2.20. The molecule has 0 bridgehead atoms. The highest BCUT2D eigenvalue weighted by molar-refractivity contribution is 9.10. The standard InChI is InChI=1S/C19H26BrNO5/c1-4-7-10-24-17-12-25-21-18(17)14-11-13(20)8-9-16(14)26-15(5-2)19(22)23-6-3/h8-9,11,15,17H,4-7,10,12H2,1-3H3/t15-,17?/m0/s1. The molecule has 0 N–H and O–H groups in total. The van der Waals surface area contributed by atoms with Crippen molar-refractivity contribution >= 4 is 27.6 Å². The zero-order valence-electron chi connectivity index (χ0n) is 15.5. The van der Waals surface area contributed by atoms with Crippen molar-refractivity contribution in [1.82, 2.24) is 0 Å². The lowest BCUT2D eigenvalue weighted by molar-refractivity contribution is -0.151. The zero-order valence-corrected chi connectivity index (χ0v) is 17.1. The van der Waals surface area contributed by atoms with Crippen LogP contribution in [0.3, 0.4) is 0 Å². The van der Waals surface area contributed by atoms with Crippen LogP contribution in [0.5, 0.6) is 5.75 Å². The summed E-state index contributed by atoms with van der Waals surface area (Å²) in [6.07, 6.45) is 1.63. The van der Waals surface area contributed by atoms with Gasteiger partial charge in [-0.25, -0.2) is 4.79 Å². The van der Waals surface area contributed by atoms with Crippen LogP contribution in [0.25, 0.3) is 0 Å². The number of carbonyl (C=O) groups is 1. The number of benzene rings is 1. The summed E-state index contributed by atoms with van der Waals surface area (Å²) >= 11 is 3.48. The molecule has 0 saturated carbocycles. The summed E-state index contributed by atoms with van der Waals surface area (Å²) in [4.78, 5) is 17.3. The summed E-state index contributed by atoms with van der Waals surface area (Å²) in [5.74, 6) is 0.186. The number of esters is 1. The van der Waals surface area contributed by atoms with Crippen LogP contribution in [0.15, 0.2) is 27.8 Å². The second kappa shape index (κ2) is 10.5. The van der Waals surface area contributed by atoms with Gasteiger partial charge >= 0.3 is 5.97 Å². The summed E-state index contributed by atoms with van der Waals surface area (Å²) < 4.78 is 17.8. The molecule has 1 aliphatic heterocycles. The Morgan fingerprint density at radius 1 is 1.38 bits per heavy atom. The number of nitrogens with zero attached hydrogens (tertiary/aromatic N) is 1. The third-order valence-electron chi connectivity index (χ3n) is 3.92. The van der Waals surface area contributed by atoms with Crippen LogP contribution in [0, 0.1) is 0 Å². The molecule has 0 amide bonds. The van der Waals surface area contributed by atoms with Gasteiger partial charge in [0, 0.05) is 16.6 Å². The number of unbranched alkanes of at least 4 members (excludes halogenated alkanes) is 1. The molecular weight excluding hydrogens is 402 g/mol. The van der Waals surface area contributed by atoms with Crippen molar-refractivity contribution in [3.63, 3.8) is 0 Å². The van der Waals surface area contributed by atoms with Gasteiger partial charge in [0.15, 0.2) is 6.10 Å². The normalized spacial score (nSPS) is 17.4. The average molecular weight is 428 g/mol. The van der Waals surface area contributed by atoms with Crippen LogP contribution in [0.1, 0.15) is 45.6 Å². The molecule has 6 nitrogen and oxygen atoms in total. The topological polar surface area (TPSA) is 66.3 Å². The summed E-state index contributed by atoms with van der Waals surface area (Å²) in [5, 5.41) is 4.16. The third-order valence-corrected chi connectivity index (χ3v) is 4.41. The Morgan fingerprint density at radius 2 is 2.19 bits per heavy atom. The van der Waals surface area contributed by atoms with Crippen molar-refractivity contribution in [2.45, 2.75) is 52.2 Å². The molecule has 0 fully saturated rings. The lowest BCUT2D eigenvalue weighted by Crippen LogP contribution is -2.30. The van der Waals surface area contributed by atoms with Gasteiger partial charge in [-0.1, -0.05) is 41.4 Å². The first kappa shape index (κ1) is 20.7. The molecule has 1 aromatic carbocycles. The molecule has 2 atom stereocenters. The van der Waals surface area contributed by atoms with E-state index < -0.39 is 6.10 Å². The number of hydrogen-bond donors (Lipinski definition) is 0. The Bertz CT molecular complexity index is 634. The molecule has 1 unspecified atom stereocenters. The van der Waals surface area contributed by atoms with Gasteiger partial charge in [-0.15, -0.1) is 0 Å². The largest absolute Gasteiger partial charge is 0.478 e. The number of rotatable bonds is 10. The van der Waals surface area contributed by atoms with Crippen LogP contribution in [-0.4, -0.2) is 43.7 Å². The Kier molecular flexibility index (Phi) is 8.38. The number of halogens is 1. The molecule has 1 heterocycles. The van der Waals surface area contributed by atoms with E-state index in [2.05, 4.69) is 28.0 Å². The van der Waals surface area contributed by atoms with Crippen molar-refractivity contribution in [2.24, 2.45) is 5.16 Å². The van der Waals surface area contributed by atoms with E-state index in [9.17, 15) is 4.79 Å². The first-order valence-corrected chi connectivity index (χ1v) is 9.84. The summed E-state index contributed by atoms with van der Waals surface area (Å²) in [6.45, 7) is 7.11. The second-order valence-electron chi connectivity index (χ2n) is 5.89. The minimum absolute atomic E-state index is 0.249. The molecule has 0 radical (unpaired) electrons. The Hall–Kier alpha value is -1.60. The molecule has 1 aliphatic rings. The van der Waals surface area contributed by atoms with Crippen molar-refractivity contribution in [1.29, 1.82) is 0 Å². The molecular formula is C19H26BrNO5. The minimum Gasteiger partial charge on any atom is -0.478 e. The smallest absolute Gasteiger partial charge is 0.347 e. The number of ether oxygens (including phenoxy) is 3. The van der Waals surface area contributed by atoms with E-state index in [-0.39, 0.29) is 12.1 Å². The van der Waals surface area contributed by atoms with Crippen LogP contribution < -0.4 is 4.74 Å². The summed E-state index contributed by atoms with van der Waals surface area (Å²) in [5.41, 5.74) is 1.43. The van der Waals surface area contributed by atoms with Gasteiger partial charge in [0.2, 0.25) is 0 Å². The van der Waals surface area contributed by atoms with Gasteiger partial charge in [-0.3, -0.25) is 0 Å².